The Morgan fingerprint density at radius 1 is 0.953 bits per heavy atom. The van der Waals surface area contributed by atoms with Crippen LogP contribution in [0.3, 0.4) is 0 Å². The SMILES string of the molecule is CCCNC(=O)c1ncccc1Oc1ccc(NC(=O)c2nnn(-c3ccc(C(F)(F)F)c(Cl)c3)c2C(F)(F)F)cc1F. The number of benzene rings is 2. The maximum absolute atomic E-state index is 14.9. The molecule has 43 heavy (non-hydrogen) atoms. The molecule has 17 heteroatoms. The van der Waals surface area contributed by atoms with E-state index in [1.807, 2.05) is 6.92 Å². The van der Waals surface area contributed by atoms with E-state index in [0.29, 0.717) is 31.2 Å². The molecule has 2 heterocycles. The van der Waals surface area contributed by atoms with Gasteiger partial charge in [0.25, 0.3) is 11.8 Å². The first-order chi connectivity index (χ1) is 20.2. The molecule has 2 N–H and O–H groups in total. The number of carbonyl (C=O) groups is 2. The van der Waals surface area contributed by atoms with Gasteiger partial charge >= 0.3 is 12.4 Å². The molecule has 0 atom stereocenters. The van der Waals surface area contributed by atoms with Crippen molar-refractivity contribution in [3.63, 3.8) is 0 Å². The molecule has 4 rings (SSSR count). The summed E-state index contributed by atoms with van der Waals surface area (Å²) in [4.78, 5) is 29.0. The second kappa shape index (κ2) is 12.2. The van der Waals surface area contributed by atoms with Gasteiger partial charge in [-0.3, -0.25) is 9.59 Å². The minimum absolute atomic E-state index is 0.0819. The van der Waals surface area contributed by atoms with Crippen LogP contribution in [0.2, 0.25) is 5.02 Å². The molecule has 2 aromatic carbocycles. The highest BCUT2D eigenvalue weighted by molar-refractivity contribution is 6.31. The molecule has 2 aromatic heterocycles. The van der Waals surface area contributed by atoms with Crippen LogP contribution in [0.5, 0.6) is 11.5 Å². The smallest absolute Gasteiger partial charge is 0.435 e. The molecule has 9 nitrogen and oxygen atoms in total. The summed E-state index contributed by atoms with van der Waals surface area (Å²) in [5, 5.41) is 10.3. The first-order valence-electron chi connectivity index (χ1n) is 12.1. The van der Waals surface area contributed by atoms with E-state index in [2.05, 4.69) is 25.9 Å². The maximum Gasteiger partial charge on any atom is 0.435 e. The van der Waals surface area contributed by atoms with Gasteiger partial charge in [0.15, 0.2) is 34.4 Å². The first kappa shape index (κ1) is 31.2. The predicted octanol–water partition coefficient (Wildman–Crippen LogP) is 6.68. The van der Waals surface area contributed by atoms with Crippen LogP contribution in [0.25, 0.3) is 5.69 Å². The van der Waals surface area contributed by atoms with Crippen LogP contribution in [0.15, 0.2) is 54.7 Å². The average molecular weight is 631 g/mol. The minimum Gasteiger partial charge on any atom is -0.452 e. The van der Waals surface area contributed by atoms with Crippen molar-refractivity contribution in [3.8, 4) is 17.2 Å². The number of hydrogen-bond acceptors (Lipinski definition) is 6. The van der Waals surface area contributed by atoms with Crippen molar-refractivity contribution in [1.82, 2.24) is 25.3 Å². The highest BCUT2D eigenvalue weighted by Gasteiger charge is 2.42. The van der Waals surface area contributed by atoms with Crippen molar-refractivity contribution < 1.29 is 45.1 Å². The zero-order chi connectivity index (χ0) is 31.5. The lowest BCUT2D eigenvalue weighted by atomic mass is 10.2. The van der Waals surface area contributed by atoms with E-state index in [0.717, 1.165) is 18.2 Å². The number of pyridine rings is 1. The molecule has 0 unspecified atom stereocenters. The molecule has 0 spiro atoms. The molecule has 226 valence electrons. The van der Waals surface area contributed by atoms with Crippen LogP contribution in [0, 0.1) is 5.82 Å². The summed E-state index contributed by atoms with van der Waals surface area (Å²) in [5.74, 6) is -3.54. The van der Waals surface area contributed by atoms with Crippen molar-refractivity contribution in [2.24, 2.45) is 0 Å². The number of nitrogens with zero attached hydrogens (tertiary/aromatic N) is 4. The van der Waals surface area contributed by atoms with Crippen molar-refractivity contribution >= 4 is 29.1 Å². The molecular formula is C26H18ClF7N6O3. The normalized spacial score (nSPS) is 11.7. The quantitative estimate of drug-likeness (QED) is 0.210. The summed E-state index contributed by atoms with van der Waals surface area (Å²) in [6.45, 7) is 2.20. The number of anilines is 1. The predicted molar refractivity (Wildman–Crippen MR) is 138 cm³/mol. The number of hydrogen-bond donors (Lipinski definition) is 2. The highest BCUT2D eigenvalue weighted by atomic mass is 35.5. The first-order valence-corrected chi connectivity index (χ1v) is 12.5. The Hall–Kier alpha value is -4.73. The number of aromatic nitrogens is 4. The van der Waals surface area contributed by atoms with Crippen molar-refractivity contribution in [2.75, 3.05) is 11.9 Å². The molecular weight excluding hydrogens is 613 g/mol. The van der Waals surface area contributed by atoms with Gasteiger partial charge in [-0.15, -0.1) is 5.10 Å². The molecule has 0 bridgehead atoms. The van der Waals surface area contributed by atoms with Crippen molar-refractivity contribution in [3.05, 3.63) is 88.2 Å². The largest absolute Gasteiger partial charge is 0.452 e. The standard InChI is InChI=1S/C26H18ClF7N6O3/c1-2-9-36-23(41)20-19(4-3-10-35-20)43-18-8-5-13(11-17(18)28)37-24(42)21-22(26(32,33)34)40(39-38-21)14-6-7-15(16(27)12-14)25(29,30)31/h3-8,10-12H,2,9H2,1H3,(H,36,41)(H,37,42). The van der Waals surface area contributed by atoms with Gasteiger partial charge in [0, 0.05) is 24.5 Å². The molecule has 0 aliphatic heterocycles. The van der Waals surface area contributed by atoms with E-state index >= 15 is 0 Å². The molecule has 0 saturated heterocycles. The van der Waals surface area contributed by atoms with Crippen LogP contribution in [-0.4, -0.2) is 38.3 Å². The Morgan fingerprint density at radius 2 is 1.70 bits per heavy atom. The maximum atomic E-state index is 14.9. The Morgan fingerprint density at radius 3 is 2.33 bits per heavy atom. The van der Waals surface area contributed by atoms with E-state index in [4.69, 9.17) is 16.3 Å². The summed E-state index contributed by atoms with van der Waals surface area (Å²) in [6, 6.07) is 7.44. The topological polar surface area (TPSA) is 111 Å². The highest BCUT2D eigenvalue weighted by Crippen LogP contribution is 2.38. The Bertz CT molecular complexity index is 1670. The fourth-order valence-corrected chi connectivity index (χ4v) is 3.95. The van der Waals surface area contributed by atoms with E-state index in [1.54, 1.807) is 0 Å². The summed E-state index contributed by atoms with van der Waals surface area (Å²) in [6.07, 6.45) is -8.13. The Kier molecular flexibility index (Phi) is 8.89. The number of halogens is 8. The van der Waals surface area contributed by atoms with Crippen LogP contribution >= 0.6 is 11.6 Å². The lowest BCUT2D eigenvalue weighted by molar-refractivity contribution is -0.143. The molecule has 0 radical (unpaired) electrons. The lowest BCUT2D eigenvalue weighted by Gasteiger charge is -2.14. The lowest BCUT2D eigenvalue weighted by Crippen LogP contribution is -2.25. The number of nitrogens with one attached hydrogen (secondary N) is 2. The van der Waals surface area contributed by atoms with E-state index in [1.165, 1.54) is 18.3 Å². The van der Waals surface area contributed by atoms with Gasteiger partial charge in [-0.25, -0.2) is 14.1 Å². The molecule has 0 saturated carbocycles. The third-order valence-electron chi connectivity index (χ3n) is 5.59. The number of alkyl halides is 6. The average Bonchev–Trinajstić information content (AvgIpc) is 3.39. The monoisotopic (exact) mass is 630 g/mol. The second-order valence-electron chi connectivity index (χ2n) is 8.67. The molecule has 0 aliphatic rings. The van der Waals surface area contributed by atoms with Gasteiger partial charge in [-0.2, -0.15) is 26.3 Å². The third-order valence-corrected chi connectivity index (χ3v) is 5.90. The summed E-state index contributed by atoms with van der Waals surface area (Å²) >= 11 is 5.62. The Balaban J connectivity index is 1.58. The van der Waals surface area contributed by atoms with Gasteiger partial charge < -0.3 is 15.4 Å². The van der Waals surface area contributed by atoms with Crippen LogP contribution < -0.4 is 15.4 Å². The van der Waals surface area contributed by atoms with Crippen molar-refractivity contribution in [2.45, 2.75) is 25.7 Å². The number of amides is 2. The fourth-order valence-electron chi connectivity index (χ4n) is 3.67. The van der Waals surface area contributed by atoms with Crippen LogP contribution in [0.1, 0.15) is 45.6 Å². The van der Waals surface area contributed by atoms with Crippen LogP contribution in [-0.2, 0) is 12.4 Å². The zero-order valence-electron chi connectivity index (χ0n) is 21.6. The molecule has 2 amide bonds. The van der Waals surface area contributed by atoms with Crippen molar-refractivity contribution in [1.29, 1.82) is 0 Å². The van der Waals surface area contributed by atoms with Gasteiger partial charge in [0.1, 0.15) is 0 Å². The summed E-state index contributed by atoms with van der Waals surface area (Å²) in [5.41, 5.74) is -5.23. The number of rotatable bonds is 8. The number of ether oxygens (including phenoxy) is 1. The van der Waals surface area contributed by atoms with Crippen LogP contribution in [0.4, 0.5) is 36.4 Å². The van der Waals surface area contributed by atoms with Gasteiger partial charge in [-0.05, 0) is 48.9 Å². The molecule has 4 aromatic rings. The van der Waals surface area contributed by atoms with E-state index in [-0.39, 0.29) is 21.8 Å². The number of carbonyl (C=O) groups excluding carboxylic acids is 2. The third kappa shape index (κ3) is 7.02. The summed E-state index contributed by atoms with van der Waals surface area (Å²) < 4.78 is 101. The molecule has 0 fully saturated rings. The molecule has 0 aliphatic carbocycles. The Labute approximate surface area is 242 Å². The fraction of sp³-hybridized carbons (Fsp3) is 0.192. The van der Waals surface area contributed by atoms with Gasteiger partial charge in [0.05, 0.1) is 16.3 Å². The van der Waals surface area contributed by atoms with Gasteiger partial charge in [0.2, 0.25) is 0 Å². The minimum atomic E-state index is -5.25. The zero-order valence-corrected chi connectivity index (χ0v) is 22.4. The van der Waals surface area contributed by atoms with E-state index in [9.17, 15) is 40.3 Å². The van der Waals surface area contributed by atoms with E-state index < -0.39 is 63.4 Å². The van der Waals surface area contributed by atoms with Gasteiger partial charge in [-0.1, -0.05) is 23.7 Å². The second-order valence-corrected chi connectivity index (χ2v) is 9.07. The summed E-state index contributed by atoms with van der Waals surface area (Å²) in [7, 11) is 0.